The fraction of sp³-hybridized carbons (Fsp3) is 0.368. The van der Waals surface area contributed by atoms with Gasteiger partial charge >= 0.3 is 0 Å². The molecule has 0 saturated carbocycles. The van der Waals surface area contributed by atoms with Crippen LogP contribution in [0.2, 0.25) is 5.02 Å². The average Bonchev–Trinajstić information content (AvgIpc) is 2.49. The maximum atomic E-state index is 6.12. The van der Waals surface area contributed by atoms with E-state index in [2.05, 4.69) is 34.7 Å². The van der Waals surface area contributed by atoms with E-state index in [4.69, 9.17) is 21.1 Å². The number of benzene rings is 2. The van der Waals surface area contributed by atoms with Crippen LogP contribution < -0.4 is 9.47 Å². The van der Waals surface area contributed by atoms with Crippen molar-refractivity contribution in [1.29, 1.82) is 0 Å². The van der Waals surface area contributed by atoms with Crippen molar-refractivity contribution in [3.8, 4) is 11.5 Å². The molecule has 24 heavy (non-hydrogen) atoms. The zero-order valence-electron chi connectivity index (χ0n) is 13.8. The van der Waals surface area contributed by atoms with Gasteiger partial charge in [0.25, 0.3) is 0 Å². The lowest BCUT2D eigenvalue weighted by atomic mass is 10.1. The molecule has 1 aliphatic rings. The van der Waals surface area contributed by atoms with E-state index in [1.165, 1.54) is 0 Å². The largest absolute Gasteiger partial charge is 0.485 e. The lowest BCUT2D eigenvalue weighted by molar-refractivity contribution is -0.00149. The van der Waals surface area contributed by atoms with Crippen LogP contribution in [-0.4, -0.2) is 30.1 Å². The molecule has 0 aromatic heterocycles. The van der Waals surface area contributed by atoms with Gasteiger partial charge in [-0.1, -0.05) is 39.7 Å². The molecule has 0 radical (unpaired) electrons. The number of rotatable bonds is 6. The number of ether oxygens (including phenoxy) is 2. The van der Waals surface area contributed by atoms with Crippen molar-refractivity contribution in [1.82, 2.24) is 4.90 Å². The summed E-state index contributed by atoms with van der Waals surface area (Å²) in [5, 5.41) is 0.713. The van der Waals surface area contributed by atoms with Crippen molar-refractivity contribution in [3.63, 3.8) is 0 Å². The van der Waals surface area contributed by atoms with Crippen LogP contribution in [0.25, 0.3) is 0 Å². The van der Waals surface area contributed by atoms with Crippen molar-refractivity contribution in [2.24, 2.45) is 0 Å². The zero-order valence-corrected chi connectivity index (χ0v) is 16.2. The molecule has 0 bridgehead atoms. The van der Waals surface area contributed by atoms with Crippen LogP contribution in [0, 0.1) is 0 Å². The second-order valence-corrected chi connectivity index (χ2v) is 7.65. The van der Waals surface area contributed by atoms with Gasteiger partial charge in [0.05, 0.1) is 0 Å². The predicted molar refractivity (Wildman–Crippen MR) is 101 cm³/mol. The molecule has 0 spiro atoms. The lowest BCUT2D eigenvalue weighted by Crippen LogP contribution is -2.56. The molecule has 1 fully saturated rings. The topological polar surface area (TPSA) is 21.7 Å². The summed E-state index contributed by atoms with van der Waals surface area (Å²) in [7, 11) is 0. The summed E-state index contributed by atoms with van der Waals surface area (Å²) >= 11 is 9.52. The number of hydrogen-bond acceptors (Lipinski definition) is 3. The summed E-state index contributed by atoms with van der Waals surface area (Å²) in [6.07, 6.45) is 0.224. The van der Waals surface area contributed by atoms with E-state index in [1.54, 1.807) is 0 Å². The maximum absolute atomic E-state index is 6.12. The van der Waals surface area contributed by atoms with Gasteiger partial charge in [-0.2, -0.15) is 0 Å². The summed E-state index contributed by atoms with van der Waals surface area (Å²) in [5.74, 6) is 1.53. The number of likely N-dealkylation sites (tertiary alicyclic amines) is 1. The summed E-state index contributed by atoms with van der Waals surface area (Å²) in [5.41, 5.74) is 1.03. The highest BCUT2D eigenvalue weighted by Gasteiger charge is 2.30. The Balaban J connectivity index is 1.65. The molecule has 3 nitrogen and oxygen atoms in total. The monoisotopic (exact) mass is 409 g/mol. The van der Waals surface area contributed by atoms with E-state index in [0.717, 1.165) is 34.6 Å². The zero-order chi connectivity index (χ0) is 17.1. The van der Waals surface area contributed by atoms with Crippen LogP contribution in [0.5, 0.6) is 11.5 Å². The number of nitrogens with zero attached hydrogens (tertiary/aromatic N) is 1. The molecular weight excluding hydrogens is 390 g/mol. The number of hydrogen-bond donors (Lipinski definition) is 0. The van der Waals surface area contributed by atoms with E-state index in [0.29, 0.717) is 17.7 Å². The second kappa shape index (κ2) is 7.77. The van der Waals surface area contributed by atoms with Gasteiger partial charge in [-0.3, -0.25) is 4.90 Å². The minimum atomic E-state index is 0.224. The summed E-state index contributed by atoms with van der Waals surface area (Å²) < 4.78 is 13.1. The van der Waals surface area contributed by atoms with E-state index in [-0.39, 0.29) is 6.10 Å². The van der Waals surface area contributed by atoms with Crippen molar-refractivity contribution in [2.45, 2.75) is 32.6 Å². The third-order valence-corrected chi connectivity index (χ3v) is 4.82. The van der Waals surface area contributed by atoms with Gasteiger partial charge in [0.1, 0.15) is 12.7 Å². The summed E-state index contributed by atoms with van der Waals surface area (Å²) in [6.45, 7) is 6.78. The van der Waals surface area contributed by atoms with Crippen molar-refractivity contribution in [3.05, 3.63) is 57.5 Å². The minimum Gasteiger partial charge on any atom is -0.485 e. The molecule has 2 aromatic rings. The summed E-state index contributed by atoms with van der Waals surface area (Å²) in [6, 6.07) is 14.1. The third kappa shape index (κ3) is 4.44. The highest BCUT2D eigenvalue weighted by molar-refractivity contribution is 9.10. The van der Waals surface area contributed by atoms with E-state index in [9.17, 15) is 0 Å². The Bertz CT molecular complexity index is 702. The fourth-order valence-corrected chi connectivity index (χ4v) is 3.18. The van der Waals surface area contributed by atoms with Gasteiger partial charge in [0, 0.05) is 28.6 Å². The predicted octanol–water partition coefficient (Wildman–Crippen LogP) is 5.15. The van der Waals surface area contributed by atoms with Crippen molar-refractivity contribution >= 4 is 27.5 Å². The molecule has 3 rings (SSSR count). The van der Waals surface area contributed by atoms with Gasteiger partial charge in [-0.15, -0.1) is 0 Å². The van der Waals surface area contributed by atoms with E-state index < -0.39 is 0 Å². The summed E-state index contributed by atoms with van der Waals surface area (Å²) in [4.78, 5) is 2.38. The maximum Gasteiger partial charge on any atom is 0.162 e. The molecule has 0 amide bonds. The molecule has 0 aliphatic carbocycles. The average molecular weight is 411 g/mol. The third-order valence-electron chi connectivity index (χ3n) is 4.09. The Morgan fingerprint density at radius 3 is 2.67 bits per heavy atom. The molecule has 0 N–H and O–H groups in total. The lowest BCUT2D eigenvalue weighted by Gasteiger charge is -2.41. The van der Waals surface area contributed by atoms with Crippen LogP contribution in [0.1, 0.15) is 19.4 Å². The van der Waals surface area contributed by atoms with Gasteiger partial charge < -0.3 is 9.47 Å². The van der Waals surface area contributed by atoms with Crippen LogP contribution in [0.15, 0.2) is 46.9 Å². The molecule has 0 atom stereocenters. The first-order chi connectivity index (χ1) is 11.5. The quantitative estimate of drug-likeness (QED) is 0.657. The van der Waals surface area contributed by atoms with Crippen LogP contribution in [0.4, 0.5) is 0 Å². The van der Waals surface area contributed by atoms with Gasteiger partial charge in [-0.05, 0) is 49.7 Å². The molecule has 1 heterocycles. The first-order valence-electron chi connectivity index (χ1n) is 8.09. The first kappa shape index (κ1) is 17.6. The Morgan fingerprint density at radius 1 is 1.17 bits per heavy atom. The normalized spacial score (nSPS) is 15.4. The number of halogens is 2. The Morgan fingerprint density at radius 2 is 1.96 bits per heavy atom. The first-order valence-corrected chi connectivity index (χ1v) is 9.26. The van der Waals surface area contributed by atoms with Crippen molar-refractivity contribution in [2.75, 3.05) is 13.1 Å². The molecule has 5 heteroatoms. The van der Waals surface area contributed by atoms with Gasteiger partial charge in [-0.25, -0.2) is 0 Å². The van der Waals surface area contributed by atoms with Crippen LogP contribution in [0.3, 0.4) is 0 Å². The molecule has 1 aliphatic heterocycles. The Kier molecular flexibility index (Phi) is 5.69. The highest BCUT2D eigenvalue weighted by atomic mass is 79.9. The second-order valence-electron chi connectivity index (χ2n) is 6.30. The smallest absolute Gasteiger partial charge is 0.162 e. The Labute approximate surface area is 156 Å². The SMILES string of the molecule is CC(C)N1CC(Oc2ccc(Br)cc2OCc2cccc(Cl)c2)C1. The minimum absolute atomic E-state index is 0.224. The molecule has 2 aromatic carbocycles. The van der Waals surface area contributed by atoms with Crippen LogP contribution in [-0.2, 0) is 6.61 Å². The molecule has 128 valence electrons. The fourth-order valence-electron chi connectivity index (χ4n) is 2.63. The standard InChI is InChI=1S/C19H21BrClNO2/c1-13(2)22-10-17(11-22)24-18-7-6-15(20)9-19(18)23-12-14-4-3-5-16(21)8-14/h3-9,13,17H,10-12H2,1-2H3. The molecular formula is C19H21BrClNO2. The van der Waals surface area contributed by atoms with E-state index in [1.807, 2.05) is 42.5 Å². The van der Waals surface area contributed by atoms with E-state index >= 15 is 0 Å². The molecule has 1 saturated heterocycles. The molecule has 0 unspecified atom stereocenters. The Hall–Kier alpha value is -1.23. The van der Waals surface area contributed by atoms with Gasteiger partial charge in [0.2, 0.25) is 0 Å². The van der Waals surface area contributed by atoms with Gasteiger partial charge in [0.15, 0.2) is 11.5 Å². The highest BCUT2D eigenvalue weighted by Crippen LogP contribution is 2.33. The van der Waals surface area contributed by atoms with Crippen molar-refractivity contribution < 1.29 is 9.47 Å². The van der Waals surface area contributed by atoms with Crippen LogP contribution >= 0.6 is 27.5 Å².